The Kier molecular flexibility index (Phi) is 3.85. The monoisotopic (exact) mass is 228 g/mol. The van der Waals surface area contributed by atoms with Crippen LogP contribution in [0, 0.1) is 0 Å². The van der Waals surface area contributed by atoms with Gasteiger partial charge in [0.25, 0.3) is 0 Å². The predicted molar refractivity (Wildman–Crippen MR) is 63.5 cm³/mol. The highest BCUT2D eigenvalue weighted by molar-refractivity contribution is 4.87. The molecule has 0 aromatic carbocycles. The van der Waals surface area contributed by atoms with E-state index >= 15 is 0 Å². The molecule has 1 aliphatic carbocycles. The van der Waals surface area contributed by atoms with Crippen molar-refractivity contribution in [1.82, 2.24) is 10.2 Å². The summed E-state index contributed by atoms with van der Waals surface area (Å²) >= 11 is 0. The minimum absolute atomic E-state index is 0.0438. The van der Waals surface area contributed by atoms with Crippen molar-refractivity contribution in [1.29, 1.82) is 0 Å². The van der Waals surface area contributed by atoms with E-state index in [0.29, 0.717) is 6.04 Å². The summed E-state index contributed by atoms with van der Waals surface area (Å²) in [7, 11) is 0. The third-order valence-electron chi connectivity index (χ3n) is 3.25. The lowest BCUT2D eigenvalue weighted by atomic mass is 10.1. The van der Waals surface area contributed by atoms with Gasteiger partial charge in [-0.2, -0.15) is 0 Å². The van der Waals surface area contributed by atoms with Crippen molar-refractivity contribution in [3.63, 3.8) is 0 Å². The van der Waals surface area contributed by atoms with Crippen LogP contribution in [0.4, 0.5) is 0 Å². The minimum Gasteiger partial charge on any atom is -0.395 e. The summed E-state index contributed by atoms with van der Waals surface area (Å²) in [6.07, 6.45) is 2.54. The molecule has 0 spiro atoms. The van der Waals surface area contributed by atoms with Gasteiger partial charge in [0.15, 0.2) is 0 Å². The first-order chi connectivity index (χ1) is 7.59. The predicted octanol–water partition coefficient (Wildman–Crippen LogP) is 0.210. The largest absolute Gasteiger partial charge is 0.395 e. The molecular formula is C12H24N2O2. The van der Waals surface area contributed by atoms with Crippen molar-refractivity contribution < 1.29 is 9.84 Å². The van der Waals surface area contributed by atoms with Crippen LogP contribution < -0.4 is 5.32 Å². The number of ether oxygens (including phenoxy) is 1. The van der Waals surface area contributed by atoms with Gasteiger partial charge in [-0.15, -0.1) is 0 Å². The van der Waals surface area contributed by atoms with Crippen molar-refractivity contribution in [2.45, 2.75) is 44.4 Å². The first kappa shape index (κ1) is 12.3. The van der Waals surface area contributed by atoms with Crippen LogP contribution in [0.3, 0.4) is 0 Å². The molecule has 0 bridgehead atoms. The first-order valence-electron chi connectivity index (χ1n) is 6.32. The van der Waals surface area contributed by atoms with Gasteiger partial charge in [0.05, 0.1) is 18.8 Å². The second-order valence-electron chi connectivity index (χ2n) is 5.66. The van der Waals surface area contributed by atoms with E-state index in [-0.39, 0.29) is 18.2 Å². The van der Waals surface area contributed by atoms with Crippen LogP contribution >= 0.6 is 0 Å². The summed E-state index contributed by atoms with van der Waals surface area (Å²) in [6, 6.07) is 0.882. The average Bonchev–Trinajstić information content (AvgIpc) is 2.99. The van der Waals surface area contributed by atoms with E-state index < -0.39 is 0 Å². The Morgan fingerprint density at radius 3 is 2.81 bits per heavy atom. The van der Waals surface area contributed by atoms with Crippen molar-refractivity contribution in [2.24, 2.45) is 0 Å². The van der Waals surface area contributed by atoms with E-state index in [1.807, 2.05) is 0 Å². The maximum absolute atomic E-state index is 9.34. The van der Waals surface area contributed by atoms with Crippen molar-refractivity contribution in [2.75, 3.05) is 32.8 Å². The number of morpholine rings is 1. The molecule has 2 aliphatic rings. The van der Waals surface area contributed by atoms with Crippen molar-refractivity contribution in [3.8, 4) is 0 Å². The molecule has 2 rings (SSSR count). The van der Waals surface area contributed by atoms with Crippen LogP contribution in [-0.4, -0.2) is 60.5 Å². The van der Waals surface area contributed by atoms with Gasteiger partial charge in [-0.3, -0.25) is 4.90 Å². The number of nitrogens with one attached hydrogen (secondary N) is 1. The van der Waals surface area contributed by atoms with Gasteiger partial charge in [-0.1, -0.05) is 0 Å². The Hall–Kier alpha value is -0.160. The zero-order valence-corrected chi connectivity index (χ0v) is 10.4. The molecule has 94 valence electrons. The lowest BCUT2D eigenvalue weighted by molar-refractivity contribution is -0.0884. The van der Waals surface area contributed by atoms with Crippen LogP contribution in [-0.2, 0) is 4.74 Å². The molecule has 4 heteroatoms. The number of aliphatic hydroxyl groups is 1. The molecule has 0 radical (unpaired) electrons. The Balaban J connectivity index is 1.77. The summed E-state index contributed by atoms with van der Waals surface area (Å²) in [6.45, 7) is 8.15. The van der Waals surface area contributed by atoms with Gasteiger partial charge in [-0.05, 0) is 26.7 Å². The summed E-state index contributed by atoms with van der Waals surface area (Å²) in [5.74, 6) is 0. The first-order valence-corrected chi connectivity index (χ1v) is 6.32. The molecule has 0 aromatic rings. The van der Waals surface area contributed by atoms with Gasteiger partial charge in [0.1, 0.15) is 0 Å². The average molecular weight is 228 g/mol. The normalized spacial score (nSPS) is 27.9. The molecule has 0 aromatic heterocycles. The van der Waals surface area contributed by atoms with Crippen LogP contribution in [0.25, 0.3) is 0 Å². The second-order valence-corrected chi connectivity index (χ2v) is 5.66. The smallest absolute Gasteiger partial charge is 0.0753 e. The molecule has 1 saturated carbocycles. The molecule has 1 unspecified atom stereocenters. The van der Waals surface area contributed by atoms with E-state index in [4.69, 9.17) is 4.74 Å². The third kappa shape index (κ3) is 3.70. The molecular weight excluding hydrogens is 204 g/mol. The Bertz CT molecular complexity index is 229. The summed E-state index contributed by atoms with van der Waals surface area (Å²) in [4.78, 5) is 2.39. The topological polar surface area (TPSA) is 44.7 Å². The number of hydrogen-bond donors (Lipinski definition) is 2. The Labute approximate surface area is 98.0 Å². The lowest BCUT2D eigenvalue weighted by Gasteiger charge is -2.39. The van der Waals surface area contributed by atoms with E-state index in [1.54, 1.807) is 0 Å². The molecule has 2 N–H and O–H groups in total. The van der Waals surface area contributed by atoms with E-state index in [0.717, 1.165) is 26.2 Å². The zero-order chi connectivity index (χ0) is 11.6. The number of aliphatic hydroxyl groups excluding tert-OH is 1. The van der Waals surface area contributed by atoms with Gasteiger partial charge >= 0.3 is 0 Å². The minimum atomic E-state index is -0.0438. The van der Waals surface area contributed by atoms with Crippen LogP contribution in [0.15, 0.2) is 0 Å². The fourth-order valence-electron chi connectivity index (χ4n) is 2.33. The van der Waals surface area contributed by atoms with Crippen molar-refractivity contribution in [3.05, 3.63) is 0 Å². The van der Waals surface area contributed by atoms with Gasteiger partial charge in [0.2, 0.25) is 0 Å². The molecule has 0 amide bonds. The molecule has 2 fully saturated rings. The second kappa shape index (κ2) is 5.00. The molecule has 1 atom stereocenters. The summed E-state index contributed by atoms with van der Waals surface area (Å²) < 4.78 is 5.68. The van der Waals surface area contributed by atoms with Crippen molar-refractivity contribution >= 4 is 0 Å². The lowest BCUT2D eigenvalue weighted by Crippen LogP contribution is -2.53. The number of nitrogens with zero attached hydrogens (tertiary/aromatic N) is 1. The summed E-state index contributed by atoms with van der Waals surface area (Å²) in [5.41, 5.74) is -0.0438. The fraction of sp³-hybridized carbons (Fsp3) is 1.00. The van der Waals surface area contributed by atoms with Gasteiger partial charge < -0.3 is 15.2 Å². The fourth-order valence-corrected chi connectivity index (χ4v) is 2.33. The highest BCUT2D eigenvalue weighted by Crippen LogP contribution is 2.20. The van der Waals surface area contributed by atoms with Crippen LogP contribution in [0.2, 0.25) is 0 Å². The molecule has 4 nitrogen and oxygen atoms in total. The molecule has 16 heavy (non-hydrogen) atoms. The molecule has 1 aliphatic heterocycles. The van der Waals surface area contributed by atoms with Crippen LogP contribution in [0.1, 0.15) is 26.7 Å². The van der Waals surface area contributed by atoms with Crippen LogP contribution in [0.5, 0.6) is 0 Å². The van der Waals surface area contributed by atoms with E-state index in [1.165, 1.54) is 12.8 Å². The van der Waals surface area contributed by atoms with Gasteiger partial charge in [0, 0.05) is 31.7 Å². The standard InChI is InChI=1S/C12H24N2O2/c1-12(2)9-14(5-6-16-12)7-11(8-15)13-10-3-4-10/h10-11,13,15H,3-9H2,1-2H3. The quantitative estimate of drug-likeness (QED) is 0.706. The van der Waals surface area contributed by atoms with E-state index in [2.05, 4.69) is 24.1 Å². The summed E-state index contributed by atoms with van der Waals surface area (Å²) in [5, 5.41) is 12.8. The maximum atomic E-state index is 9.34. The highest BCUT2D eigenvalue weighted by atomic mass is 16.5. The third-order valence-corrected chi connectivity index (χ3v) is 3.25. The van der Waals surface area contributed by atoms with Gasteiger partial charge in [-0.25, -0.2) is 0 Å². The molecule has 1 heterocycles. The zero-order valence-electron chi connectivity index (χ0n) is 10.4. The number of hydrogen-bond acceptors (Lipinski definition) is 4. The molecule has 1 saturated heterocycles. The maximum Gasteiger partial charge on any atom is 0.0753 e. The Morgan fingerprint density at radius 1 is 1.50 bits per heavy atom. The highest BCUT2D eigenvalue weighted by Gasteiger charge is 2.30. The number of rotatable bonds is 5. The SMILES string of the molecule is CC1(C)CN(CC(CO)NC2CC2)CCO1. The van der Waals surface area contributed by atoms with E-state index in [9.17, 15) is 5.11 Å². The Morgan fingerprint density at radius 2 is 2.25 bits per heavy atom.